The van der Waals surface area contributed by atoms with Crippen LogP contribution in [-0.4, -0.2) is 43.6 Å². The van der Waals surface area contributed by atoms with E-state index in [0.717, 1.165) is 17.2 Å². The third-order valence-corrected chi connectivity index (χ3v) is 4.72. The first-order valence-electron chi connectivity index (χ1n) is 8.84. The van der Waals surface area contributed by atoms with Gasteiger partial charge in [0, 0.05) is 37.1 Å². The van der Waals surface area contributed by atoms with Gasteiger partial charge in [0.25, 0.3) is 5.91 Å². The van der Waals surface area contributed by atoms with E-state index < -0.39 is 0 Å². The second-order valence-electron chi connectivity index (χ2n) is 6.86. The van der Waals surface area contributed by atoms with E-state index in [1.165, 1.54) is 0 Å². The van der Waals surface area contributed by atoms with Gasteiger partial charge in [0.1, 0.15) is 0 Å². The third-order valence-electron chi connectivity index (χ3n) is 4.72. The Hall–Kier alpha value is -3.02. The fourth-order valence-corrected chi connectivity index (χ4v) is 3.36. The monoisotopic (exact) mass is 347 g/mol. The number of hydrogen-bond acceptors (Lipinski definition) is 4. The Morgan fingerprint density at radius 2 is 1.81 bits per heavy atom. The Kier molecular flexibility index (Phi) is 4.24. The molecular weight excluding hydrogens is 326 g/mol. The molecule has 1 aliphatic heterocycles. The maximum atomic E-state index is 13.0. The Morgan fingerprint density at radius 1 is 1.08 bits per heavy atom. The number of aromatic nitrogens is 4. The Labute approximate surface area is 152 Å². The average Bonchev–Trinajstić information content (AvgIpc) is 3.07. The topological polar surface area (TPSA) is 63.9 Å². The van der Waals surface area contributed by atoms with Crippen LogP contribution in [0.5, 0.6) is 0 Å². The van der Waals surface area contributed by atoms with Crippen molar-refractivity contribution in [1.82, 2.24) is 24.6 Å². The predicted molar refractivity (Wildman–Crippen MR) is 98.3 cm³/mol. The molecule has 26 heavy (non-hydrogen) atoms. The van der Waals surface area contributed by atoms with Crippen molar-refractivity contribution in [2.24, 2.45) is 0 Å². The van der Waals surface area contributed by atoms with Crippen LogP contribution < -0.4 is 0 Å². The van der Waals surface area contributed by atoms with E-state index in [4.69, 9.17) is 0 Å². The molecule has 132 valence electrons. The van der Waals surface area contributed by atoms with Crippen molar-refractivity contribution in [2.75, 3.05) is 13.1 Å². The highest BCUT2D eigenvalue weighted by atomic mass is 16.2. The molecule has 6 heteroatoms. The number of nitrogens with zero attached hydrogens (tertiary/aromatic N) is 5. The van der Waals surface area contributed by atoms with Gasteiger partial charge in [0.05, 0.1) is 17.5 Å². The average molecular weight is 347 g/mol. The molecule has 0 aromatic carbocycles. The van der Waals surface area contributed by atoms with Gasteiger partial charge in [-0.25, -0.2) is 9.67 Å². The Morgan fingerprint density at radius 3 is 2.42 bits per heavy atom. The zero-order chi connectivity index (χ0) is 18.1. The fraction of sp³-hybridized carbons (Fsp3) is 0.300. The van der Waals surface area contributed by atoms with Gasteiger partial charge in [0.2, 0.25) is 0 Å². The zero-order valence-corrected chi connectivity index (χ0v) is 14.9. The molecule has 6 nitrogen and oxygen atoms in total. The summed E-state index contributed by atoms with van der Waals surface area (Å²) in [5.74, 6) is 1.23. The second-order valence-corrected chi connectivity index (χ2v) is 6.86. The fourth-order valence-electron chi connectivity index (χ4n) is 3.36. The van der Waals surface area contributed by atoms with E-state index in [0.29, 0.717) is 24.6 Å². The molecule has 3 aromatic rings. The van der Waals surface area contributed by atoms with Crippen LogP contribution >= 0.6 is 0 Å². The molecule has 0 atom stereocenters. The quantitative estimate of drug-likeness (QED) is 0.728. The summed E-state index contributed by atoms with van der Waals surface area (Å²) in [4.78, 5) is 23.6. The molecule has 1 fully saturated rings. The van der Waals surface area contributed by atoms with Gasteiger partial charge in [0.15, 0.2) is 5.82 Å². The number of pyridine rings is 2. The molecule has 4 heterocycles. The summed E-state index contributed by atoms with van der Waals surface area (Å²) < 4.78 is 1.77. The van der Waals surface area contributed by atoms with Crippen LogP contribution in [0.4, 0.5) is 0 Å². The SMILES string of the molecule is CC(C)c1c(C(=O)N2CC(c3ccccn3)C2)cnn1-c1ccccn1. The van der Waals surface area contributed by atoms with Gasteiger partial charge in [-0.3, -0.25) is 9.78 Å². The van der Waals surface area contributed by atoms with Crippen molar-refractivity contribution in [2.45, 2.75) is 25.7 Å². The Bertz CT molecular complexity index is 898. The summed E-state index contributed by atoms with van der Waals surface area (Å²) in [6, 6.07) is 11.6. The van der Waals surface area contributed by atoms with Gasteiger partial charge in [-0.1, -0.05) is 26.0 Å². The number of rotatable bonds is 4. The smallest absolute Gasteiger partial charge is 0.257 e. The lowest BCUT2D eigenvalue weighted by molar-refractivity contribution is 0.0597. The highest BCUT2D eigenvalue weighted by Crippen LogP contribution is 2.29. The number of carbonyl (C=O) groups excluding carboxylic acids is 1. The van der Waals surface area contributed by atoms with E-state index in [9.17, 15) is 4.79 Å². The molecule has 1 amide bonds. The van der Waals surface area contributed by atoms with E-state index in [1.807, 2.05) is 41.3 Å². The minimum Gasteiger partial charge on any atom is -0.337 e. The summed E-state index contributed by atoms with van der Waals surface area (Å²) in [5.41, 5.74) is 2.60. The van der Waals surface area contributed by atoms with Crippen LogP contribution in [0.15, 0.2) is 55.0 Å². The standard InChI is InChI=1S/C20H21N5O/c1-14(2)19-16(11-23-25(19)18-8-4-6-10-22-18)20(26)24-12-15(13-24)17-7-3-5-9-21-17/h3-11,14-15H,12-13H2,1-2H3. The number of likely N-dealkylation sites (tertiary alicyclic amines) is 1. The van der Waals surface area contributed by atoms with Gasteiger partial charge in [-0.15, -0.1) is 0 Å². The molecule has 0 N–H and O–H groups in total. The van der Waals surface area contributed by atoms with Crippen LogP contribution in [0.3, 0.4) is 0 Å². The molecule has 0 spiro atoms. The van der Waals surface area contributed by atoms with Crippen LogP contribution in [-0.2, 0) is 0 Å². The molecule has 1 aliphatic rings. The van der Waals surface area contributed by atoms with E-state index in [1.54, 1.807) is 23.3 Å². The van der Waals surface area contributed by atoms with Crippen LogP contribution in [0.2, 0.25) is 0 Å². The third kappa shape index (κ3) is 2.87. The minimum absolute atomic E-state index is 0.0306. The van der Waals surface area contributed by atoms with Crippen LogP contribution in [0, 0.1) is 0 Å². The lowest BCUT2D eigenvalue weighted by Crippen LogP contribution is -2.48. The Balaban J connectivity index is 1.57. The molecule has 3 aromatic heterocycles. The van der Waals surface area contributed by atoms with Crippen LogP contribution in [0.25, 0.3) is 5.82 Å². The lowest BCUT2D eigenvalue weighted by Gasteiger charge is -2.39. The molecule has 0 saturated carbocycles. The number of carbonyl (C=O) groups is 1. The van der Waals surface area contributed by atoms with E-state index in [-0.39, 0.29) is 11.8 Å². The molecule has 0 radical (unpaired) electrons. The maximum Gasteiger partial charge on any atom is 0.257 e. The van der Waals surface area contributed by atoms with Gasteiger partial charge in [-0.2, -0.15) is 5.10 Å². The van der Waals surface area contributed by atoms with Crippen molar-refractivity contribution in [3.63, 3.8) is 0 Å². The maximum absolute atomic E-state index is 13.0. The lowest BCUT2D eigenvalue weighted by atomic mass is 9.94. The predicted octanol–water partition coefficient (Wildman–Crippen LogP) is 3.03. The van der Waals surface area contributed by atoms with Crippen molar-refractivity contribution in [3.8, 4) is 5.82 Å². The first-order chi connectivity index (χ1) is 12.6. The summed E-state index contributed by atoms with van der Waals surface area (Å²) >= 11 is 0. The molecular formula is C20H21N5O. The van der Waals surface area contributed by atoms with Gasteiger partial charge < -0.3 is 4.90 Å². The molecule has 1 saturated heterocycles. The van der Waals surface area contributed by atoms with Gasteiger partial charge in [-0.05, 0) is 30.2 Å². The number of amides is 1. The van der Waals surface area contributed by atoms with Crippen molar-refractivity contribution < 1.29 is 4.79 Å². The first-order valence-corrected chi connectivity index (χ1v) is 8.84. The summed E-state index contributed by atoms with van der Waals surface area (Å²) in [5, 5.41) is 4.44. The van der Waals surface area contributed by atoms with Gasteiger partial charge >= 0.3 is 0 Å². The summed E-state index contributed by atoms with van der Waals surface area (Å²) in [7, 11) is 0. The molecule has 0 bridgehead atoms. The summed E-state index contributed by atoms with van der Waals surface area (Å²) in [6.45, 7) is 5.53. The summed E-state index contributed by atoms with van der Waals surface area (Å²) in [6.07, 6.45) is 5.20. The minimum atomic E-state index is 0.0306. The highest BCUT2D eigenvalue weighted by Gasteiger charge is 2.35. The van der Waals surface area contributed by atoms with Crippen molar-refractivity contribution in [1.29, 1.82) is 0 Å². The van der Waals surface area contributed by atoms with Crippen molar-refractivity contribution >= 4 is 5.91 Å². The normalized spacial score (nSPS) is 14.5. The largest absolute Gasteiger partial charge is 0.337 e. The van der Waals surface area contributed by atoms with Crippen molar-refractivity contribution in [3.05, 3.63) is 71.9 Å². The first kappa shape index (κ1) is 16.4. The molecule has 4 rings (SSSR count). The second kappa shape index (κ2) is 6.71. The van der Waals surface area contributed by atoms with E-state index >= 15 is 0 Å². The van der Waals surface area contributed by atoms with Crippen LogP contribution in [0.1, 0.15) is 47.4 Å². The number of hydrogen-bond donors (Lipinski definition) is 0. The molecule has 0 aliphatic carbocycles. The zero-order valence-electron chi connectivity index (χ0n) is 14.9. The molecule has 0 unspecified atom stereocenters. The van der Waals surface area contributed by atoms with E-state index in [2.05, 4.69) is 28.9 Å². The highest BCUT2D eigenvalue weighted by molar-refractivity contribution is 5.96.